The summed E-state index contributed by atoms with van der Waals surface area (Å²) < 4.78 is 6.76. The highest BCUT2D eigenvalue weighted by Crippen LogP contribution is 2.35. The molecule has 1 saturated heterocycles. The van der Waals surface area contributed by atoms with Gasteiger partial charge in [0.15, 0.2) is 0 Å². The molecular weight excluding hydrogens is 376 g/mol. The molecule has 1 aromatic heterocycles. The maximum atomic E-state index is 12.7. The van der Waals surface area contributed by atoms with E-state index in [-0.39, 0.29) is 0 Å². The van der Waals surface area contributed by atoms with Crippen LogP contribution in [0.4, 0.5) is 4.79 Å². The van der Waals surface area contributed by atoms with Gasteiger partial charge in [0.1, 0.15) is 6.04 Å². The third kappa shape index (κ3) is 3.49. The fraction of sp³-hybridized carbons (Fsp3) is 0.286. The van der Waals surface area contributed by atoms with Crippen molar-refractivity contribution in [2.24, 2.45) is 0 Å². The van der Waals surface area contributed by atoms with Gasteiger partial charge in [0.2, 0.25) is 0 Å². The van der Waals surface area contributed by atoms with Crippen molar-refractivity contribution in [2.45, 2.75) is 33.7 Å². The summed E-state index contributed by atoms with van der Waals surface area (Å²) in [5.74, 6) is -1.10. The number of thioether (sulfide) groups is 1. The zero-order chi connectivity index (χ0) is 20.6. The number of nitrogens with zero attached hydrogens (tertiary/aromatic N) is 2. The van der Waals surface area contributed by atoms with E-state index in [1.807, 2.05) is 51.1 Å². The van der Waals surface area contributed by atoms with Crippen LogP contribution < -0.4 is 0 Å². The van der Waals surface area contributed by atoms with E-state index in [0.717, 1.165) is 39.3 Å². The van der Waals surface area contributed by atoms with E-state index < -0.39 is 23.2 Å². The number of benzene rings is 1. The number of carbonyl (C=O) groups excluding carboxylic acids is 3. The van der Waals surface area contributed by atoms with Crippen LogP contribution in [0.2, 0.25) is 0 Å². The van der Waals surface area contributed by atoms with E-state index in [4.69, 9.17) is 0 Å². The van der Waals surface area contributed by atoms with Crippen LogP contribution in [0.15, 0.2) is 35.2 Å². The lowest BCUT2D eigenvalue weighted by Crippen LogP contribution is -2.42. The summed E-state index contributed by atoms with van der Waals surface area (Å²) in [7, 11) is 1.23. The molecular formula is C21H22N2O4S. The van der Waals surface area contributed by atoms with Gasteiger partial charge in [-0.1, -0.05) is 17.7 Å². The van der Waals surface area contributed by atoms with Gasteiger partial charge in [-0.3, -0.25) is 14.5 Å². The van der Waals surface area contributed by atoms with E-state index in [1.54, 1.807) is 6.08 Å². The normalized spacial score (nSPS) is 16.8. The number of esters is 1. The van der Waals surface area contributed by atoms with Crippen molar-refractivity contribution in [3.63, 3.8) is 0 Å². The van der Waals surface area contributed by atoms with E-state index >= 15 is 0 Å². The van der Waals surface area contributed by atoms with Crippen molar-refractivity contribution < 1.29 is 19.1 Å². The maximum absolute atomic E-state index is 12.7. The second-order valence-electron chi connectivity index (χ2n) is 6.75. The Bertz CT molecular complexity index is 989. The molecule has 1 aliphatic heterocycles. The number of rotatable bonds is 4. The molecule has 0 bridgehead atoms. The molecule has 2 aromatic rings. The highest BCUT2D eigenvalue weighted by atomic mass is 32.2. The minimum absolute atomic E-state index is 0.296. The van der Waals surface area contributed by atoms with Gasteiger partial charge in [-0.15, -0.1) is 0 Å². The third-order valence-electron chi connectivity index (χ3n) is 4.80. The number of imide groups is 1. The van der Waals surface area contributed by atoms with E-state index in [1.165, 1.54) is 19.6 Å². The fourth-order valence-corrected chi connectivity index (χ4v) is 4.15. The summed E-state index contributed by atoms with van der Waals surface area (Å²) in [6.45, 7) is 7.49. The van der Waals surface area contributed by atoms with Gasteiger partial charge < -0.3 is 9.30 Å². The molecule has 28 heavy (non-hydrogen) atoms. The van der Waals surface area contributed by atoms with Gasteiger partial charge >= 0.3 is 5.97 Å². The molecule has 0 N–H and O–H groups in total. The second-order valence-corrected chi connectivity index (χ2v) is 7.74. The number of ether oxygens (including phenoxy) is 1. The number of amides is 2. The average molecular weight is 398 g/mol. The molecule has 3 rings (SSSR count). The zero-order valence-corrected chi connectivity index (χ0v) is 17.3. The summed E-state index contributed by atoms with van der Waals surface area (Å²) in [6.07, 6.45) is 1.71. The smallest absolute Gasteiger partial charge is 0.328 e. The van der Waals surface area contributed by atoms with Crippen molar-refractivity contribution in [3.8, 4) is 5.69 Å². The molecule has 146 valence electrons. The van der Waals surface area contributed by atoms with Crippen LogP contribution in [0.25, 0.3) is 11.8 Å². The third-order valence-corrected chi connectivity index (χ3v) is 5.69. The molecule has 6 nitrogen and oxygen atoms in total. The van der Waals surface area contributed by atoms with Crippen molar-refractivity contribution in [3.05, 3.63) is 57.8 Å². The van der Waals surface area contributed by atoms with E-state index in [0.29, 0.717) is 4.91 Å². The Morgan fingerprint density at radius 1 is 1.14 bits per heavy atom. The molecule has 0 spiro atoms. The minimum Gasteiger partial charge on any atom is -0.467 e. The molecule has 7 heteroatoms. The molecule has 2 amide bonds. The number of aromatic nitrogens is 1. The quantitative estimate of drug-likeness (QED) is 0.575. The molecule has 0 aliphatic carbocycles. The van der Waals surface area contributed by atoms with Gasteiger partial charge in [-0.05, 0) is 69.3 Å². The van der Waals surface area contributed by atoms with Gasteiger partial charge in [-0.25, -0.2) is 4.79 Å². The Kier molecular flexibility index (Phi) is 5.47. The van der Waals surface area contributed by atoms with Crippen LogP contribution in [-0.4, -0.2) is 39.7 Å². The first kappa shape index (κ1) is 19.9. The lowest BCUT2D eigenvalue weighted by atomic mass is 10.2. The first-order valence-electron chi connectivity index (χ1n) is 8.85. The molecule has 1 aliphatic rings. The van der Waals surface area contributed by atoms with Gasteiger partial charge in [0.25, 0.3) is 11.1 Å². The molecule has 0 saturated carbocycles. The Labute approximate surface area is 168 Å². The predicted octanol–water partition coefficient (Wildman–Crippen LogP) is 4.00. The number of carbonyl (C=O) groups is 3. The molecule has 1 unspecified atom stereocenters. The van der Waals surface area contributed by atoms with Crippen molar-refractivity contribution in [1.29, 1.82) is 0 Å². The summed E-state index contributed by atoms with van der Waals surface area (Å²) in [5, 5.41) is -0.471. The standard InChI is InChI=1S/C21H22N2O4S/c1-12-6-8-17(9-7-12)22-13(2)10-16(14(22)3)11-18-19(24)23(21(26)28-18)15(4)20(25)27-5/h6-11,15H,1-5H3/b18-11-. The minimum atomic E-state index is -0.955. The molecule has 0 radical (unpaired) electrons. The highest BCUT2D eigenvalue weighted by molar-refractivity contribution is 8.18. The number of hydrogen-bond donors (Lipinski definition) is 0. The van der Waals surface area contributed by atoms with Crippen LogP contribution >= 0.6 is 11.8 Å². The van der Waals surface area contributed by atoms with Crippen molar-refractivity contribution >= 4 is 35.0 Å². The second kappa shape index (κ2) is 7.67. The highest BCUT2D eigenvalue weighted by Gasteiger charge is 2.41. The Morgan fingerprint density at radius 2 is 1.79 bits per heavy atom. The topological polar surface area (TPSA) is 68.6 Å². The van der Waals surface area contributed by atoms with Crippen molar-refractivity contribution in [1.82, 2.24) is 9.47 Å². The molecule has 1 fully saturated rings. The zero-order valence-electron chi connectivity index (χ0n) is 16.5. The Balaban J connectivity index is 1.95. The summed E-state index contributed by atoms with van der Waals surface area (Å²) in [4.78, 5) is 37.9. The van der Waals surface area contributed by atoms with Crippen LogP contribution in [0.5, 0.6) is 0 Å². The average Bonchev–Trinajstić information content (AvgIpc) is 3.10. The SMILES string of the molecule is COC(=O)C(C)N1C(=O)S/C(=C\c2cc(C)n(-c3ccc(C)cc3)c2C)C1=O. The monoisotopic (exact) mass is 398 g/mol. The summed E-state index contributed by atoms with van der Waals surface area (Å²) in [6, 6.07) is 9.22. The van der Waals surface area contributed by atoms with Crippen LogP contribution in [0.1, 0.15) is 29.4 Å². The van der Waals surface area contributed by atoms with Gasteiger partial charge in [0.05, 0.1) is 12.0 Å². The van der Waals surface area contributed by atoms with E-state index in [9.17, 15) is 14.4 Å². The molecule has 1 aromatic carbocycles. The maximum Gasteiger partial charge on any atom is 0.328 e. The molecule has 1 atom stereocenters. The lowest BCUT2D eigenvalue weighted by Gasteiger charge is -2.18. The van der Waals surface area contributed by atoms with Crippen LogP contribution in [0.3, 0.4) is 0 Å². The molecule has 2 heterocycles. The first-order chi connectivity index (χ1) is 13.2. The fourth-order valence-electron chi connectivity index (χ4n) is 3.26. The van der Waals surface area contributed by atoms with Crippen molar-refractivity contribution in [2.75, 3.05) is 7.11 Å². The predicted molar refractivity (Wildman–Crippen MR) is 109 cm³/mol. The Morgan fingerprint density at radius 3 is 2.39 bits per heavy atom. The summed E-state index contributed by atoms with van der Waals surface area (Å²) in [5.41, 5.74) is 5.06. The van der Waals surface area contributed by atoms with Gasteiger partial charge in [0, 0.05) is 17.1 Å². The van der Waals surface area contributed by atoms with Crippen LogP contribution in [-0.2, 0) is 14.3 Å². The summed E-state index contributed by atoms with van der Waals surface area (Å²) >= 11 is 0.836. The number of hydrogen-bond acceptors (Lipinski definition) is 5. The largest absolute Gasteiger partial charge is 0.467 e. The van der Waals surface area contributed by atoms with Gasteiger partial charge in [-0.2, -0.15) is 0 Å². The lowest BCUT2D eigenvalue weighted by molar-refractivity contribution is -0.148. The Hall–Kier alpha value is -2.80. The number of aryl methyl sites for hydroxylation is 2. The first-order valence-corrected chi connectivity index (χ1v) is 9.67. The van der Waals surface area contributed by atoms with E-state index in [2.05, 4.69) is 9.30 Å². The number of methoxy groups -OCH3 is 1. The van der Waals surface area contributed by atoms with Crippen LogP contribution in [0, 0.1) is 20.8 Å².